The molecule has 0 aliphatic carbocycles. The maximum Gasteiger partial charge on any atom is 0.231 e. The molecule has 6 heteroatoms. The van der Waals surface area contributed by atoms with Crippen molar-refractivity contribution in [3.8, 4) is 17.2 Å². The van der Waals surface area contributed by atoms with E-state index >= 15 is 0 Å². The van der Waals surface area contributed by atoms with Crippen molar-refractivity contribution in [3.05, 3.63) is 77.6 Å². The highest BCUT2D eigenvalue weighted by molar-refractivity contribution is 5.70. The first-order chi connectivity index (χ1) is 15.3. The first kappa shape index (κ1) is 18.5. The molecule has 0 bridgehead atoms. The second kappa shape index (κ2) is 7.46. The molecule has 3 aliphatic heterocycles. The minimum Gasteiger partial charge on any atom is -0.492 e. The van der Waals surface area contributed by atoms with Crippen molar-refractivity contribution in [1.82, 2.24) is 10.3 Å². The van der Waals surface area contributed by atoms with Crippen LogP contribution in [0.1, 0.15) is 23.1 Å². The Labute approximate surface area is 181 Å². The molecule has 0 fully saturated rings. The topological polar surface area (TPSA) is 55.9 Å². The Hall–Kier alpha value is -3.25. The molecule has 3 aromatic rings. The van der Waals surface area contributed by atoms with E-state index in [1.54, 1.807) is 0 Å². The van der Waals surface area contributed by atoms with E-state index in [9.17, 15) is 0 Å². The van der Waals surface area contributed by atoms with Crippen LogP contribution in [-0.4, -0.2) is 38.0 Å². The molecular weight excluding hydrogens is 390 g/mol. The first-order valence-electron chi connectivity index (χ1n) is 10.8. The molecule has 0 saturated heterocycles. The number of aromatic nitrogens is 1. The minimum atomic E-state index is -0.155. The highest BCUT2D eigenvalue weighted by Crippen LogP contribution is 2.54. The maximum atomic E-state index is 6.18. The molecule has 0 amide bonds. The predicted molar refractivity (Wildman–Crippen MR) is 118 cm³/mol. The lowest BCUT2D eigenvalue weighted by molar-refractivity contribution is 0.173. The van der Waals surface area contributed by atoms with E-state index in [1.165, 1.54) is 22.4 Å². The van der Waals surface area contributed by atoms with Crippen LogP contribution in [0.15, 0.2) is 60.9 Å². The SMILES string of the molecule is c1ccc2c(c1)N(CCCNCc1ccncc1)CC21COc2cc3c(cc21)OCO3. The van der Waals surface area contributed by atoms with Gasteiger partial charge in [-0.3, -0.25) is 4.98 Å². The largest absolute Gasteiger partial charge is 0.492 e. The highest BCUT2D eigenvalue weighted by Gasteiger charge is 2.50. The molecular formula is C25H25N3O3. The van der Waals surface area contributed by atoms with Crippen LogP contribution in [0.25, 0.3) is 0 Å². The Morgan fingerprint density at radius 3 is 2.68 bits per heavy atom. The smallest absolute Gasteiger partial charge is 0.231 e. The average Bonchev–Trinajstić information content (AvgIpc) is 3.50. The number of hydrogen-bond acceptors (Lipinski definition) is 6. The van der Waals surface area contributed by atoms with Crippen molar-refractivity contribution >= 4 is 5.69 Å². The number of nitrogens with one attached hydrogen (secondary N) is 1. The van der Waals surface area contributed by atoms with Crippen LogP contribution in [0, 0.1) is 0 Å². The number of fused-ring (bicyclic) bond motifs is 5. The lowest BCUT2D eigenvalue weighted by Crippen LogP contribution is -2.37. The second-order valence-corrected chi connectivity index (χ2v) is 8.40. The molecule has 31 heavy (non-hydrogen) atoms. The third-order valence-corrected chi connectivity index (χ3v) is 6.55. The summed E-state index contributed by atoms with van der Waals surface area (Å²) in [5.41, 5.74) is 4.97. The molecule has 6 nitrogen and oxygen atoms in total. The summed E-state index contributed by atoms with van der Waals surface area (Å²) in [5, 5.41) is 3.54. The maximum absolute atomic E-state index is 6.18. The summed E-state index contributed by atoms with van der Waals surface area (Å²) < 4.78 is 17.4. The van der Waals surface area contributed by atoms with Crippen LogP contribution in [0.5, 0.6) is 17.2 Å². The van der Waals surface area contributed by atoms with Gasteiger partial charge in [0.05, 0.1) is 5.41 Å². The van der Waals surface area contributed by atoms with E-state index in [4.69, 9.17) is 14.2 Å². The van der Waals surface area contributed by atoms with Gasteiger partial charge in [0.1, 0.15) is 12.4 Å². The summed E-state index contributed by atoms with van der Waals surface area (Å²) in [7, 11) is 0. The molecule has 3 aliphatic rings. The summed E-state index contributed by atoms with van der Waals surface area (Å²) in [6.07, 6.45) is 4.75. The van der Waals surface area contributed by atoms with Gasteiger partial charge in [0.15, 0.2) is 11.5 Å². The van der Waals surface area contributed by atoms with Crippen molar-refractivity contribution in [2.24, 2.45) is 0 Å². The fraction of sp³-hybridized carbons (Fsp3) is 0.320. The lowest BCUT2D eigenvalue weighted by atomic mass is 9.77. The monoisotopic (exact) mass is 415 g/mol. The predicted octanol–water partition coefficient (Wildman–Crippen LogP) is 3.49. The molecule has 158 valence electrons. The van der Waals surface area contributed by atoms with Crippen LogP contribution in [-0.2, 0) is 12.0 Å². The number of anilines is 1. The number of pyridine rings is 1. The molecule has 0 radical (unpaired) electrons. The summed E-state index contributed by atoms with van der Waals surface area (Å²) in [6.45, 7) is 4.70. The quantitative estimate of drug-likeness (QED) is 0.622. The van der Waals surface area contributed by atoms with E-state index in [0.29, 0.717) is 6.61 Å². The Kier molecular flexibility index (Phi) is 4.46. The van der Waals surface area contributed by atoms with Crippen molar-refractivity contribution in [2.75, 3.05) is 37.9 Å². The molecule has 1 aromatic heterocycles. The van der Waals surface area contributed by atoms with Gasteiger partial charge in [-0.1, -0.05) is 18.2 Å². The van der Waals surface area contributed by atoms with Gasteiger partial charge in [0.25, 0.3) is 0 Å². The van der Waals surface area contributed by atoms with Crippen molar-refractivity contribution in [3.63, 3.8) is 0 Å². The van der Waals surface area contributed by atoms with Gasteiger partial charge in [0, 0.05) is 49.3 Å². The molecule has 4 heterocycles. The fourth-order valence-corrected chi connectivity index (χ4v) is 5.03. The van der Waals surface area contributed by atoms with Crippen LogP contribution in [0.2, 0.25) is 0 Å². The molecule has 6 rings (SSSR count). The number of benzene rings is 2. The zero-order valence-corrected chi connectivity index (χ0v) is 17.3. The normalized spacial score (nSPS) is 20.1. The van der Waals surface area contributed by atoms with Gasteiger partial charge in [-0.05, 0) is 48.4 Å². The van der Waals surface area contributed by atoms with Gasteiger partial charge < -0.3 is 24.4 Å². The number of ether oxygens (including phenoxy) is 3. The lowest BCUT2D eigenvalue weighted by Gasteiger charge is -2.25. The van der Waals surface area contributed by atoms with E-state index in [-0.39, 0.29) is 12.2 Å². The molecule has 0 saturated carbocycles. The molecule has 1 spiro atoms. The number of para-hydroxylation sites is 1. The van der Waals surface area contributed by atoms with Crippen LogP contribution in [0.3, 0.4) is 0 Å². The van der Waals surface area contributed by atoms with Gasteiger partial charge in [-0.2, -0.15) is 0 Å². The zero-order chi connectivity index (χ0) is 20.7. The third kappa shape index (κ3) is 3.10. The van der Waals surface area contributed by atoms with Crippen molar-refractivity contribution < 1.29 is 14.2 Å². The Morgan fingerprint density at radius 2 is 1.77 bits per heavy atom. The number of hydrogen-bond donors (Lipinski definition) is 1. The second-order valence-electron chi connectivity index (χ2n) is 8.40. The van der Waals surface area contributed by atoms with E-state index in [2.05, 4.69) is 57.7 Å². The summed E-state index contributed by atoms with van der Waals surface area (Å²) in [6, 6.07) is 17.0. The van der Waals surface area contributed by atoms with Gasteiger partial charge in [-0.15, -0.1) is 0 Å². The third-order valence-electron chi connectivity index (χ3n) is 6.55. The summed E-state index contributed by atoms with van der Waals surface area (Å²) in [5.74, 6) is 2.51. The molecule has 1 N–H and O–H groups in total. The Morgan fingerprint density at radius 1 is 0.935 bits per heavy atom. The van der Waals surface area contributed by atoms with Crippen molar-refractivity contribution in [2.45, 2.75) is 18.4 Å². The van der Waals surface area contributed by atoms with E-state index < -0.39 is 0 Å². The van der Waals surface area contributed by atoms with Gasteiger partial charge in [-0.25, -0.2) is 0 Å². The van der Waals surface area contributed by atoms with Crippen LogP contribution < -0.4 is 24.4 Å². The van der Waals surface area contributed by atoms with E-state index in [1.807, 2.05) is 18.5 Å². The summed E-state index contributed by atoms with van der Waals surface area (Å²) >= 11 is 0. The van der Waals surface area contributed by atoms with Gasteiger partial charge >= 0.3 is 0 Å². The Bertz CT molecular complexity index is 1100. The fourth-order valence-electron chi connectivity index (χ4n) is 5.03. The van der Waals surface area contributed by atoms with Crippen LogP contribution in [0.4, 0.5) is 5.69 Å². The Balaban J connectivity index is 1.19. The zero-order valence-electron chi connectivity index (χ0n) is 17.3. The van der Waals surface area contributed by atoms with Gasteiger partial charge in [0.2, 0.25) is 6.79 Å². The number of rotatable bonds is 6. The highest BCUT2D eigenvalue weighted by atomic mass is 16.7. The van der Waals surface area contributed by atoms with Crippen molar-refractivity contribution in [1.29, 1.82) is 0 Å². The average molecular weight is 415 g/mol. The molecule has 1 unspecified atom stereocenters. The standard InChI is InChI=1S/C25H25N3O3/c1-2-5-21-19(4-1)25(16-29-22-13-24-23(12-20(22)25)30-17-31-24)15-28(21)11-3-8-27-14-18-6-9-26-10-7-18/h1-2,4-7,9-10,12-13,27H,3,8,11,14-17H2. The molecule has 2 aromatic carbocycles. The first-order valence-corrected chi connectivity index (χ1v) is 10.8. The summed E-state index contributed by atoms with van der Waals surface area (Å²) in [4.78, 5) is 6.58. The number of nitrogens with zero attached hydrogens (tertiary/aromatic N) is 2. The minimum absolute atomic E-state index is 0.155. The van der Waals surface area contributed by atoms with E-state index in [0.717, 1.165) is 49.8 Å². The van der Waals surface area contributed by atoms with Crippen LogP contribution >= 0.6 is 0 Å². The molecule has 1 atom stereocenters.